The van der Waals surface area contributed by atoms with Crippen LogP contribution < -0.4 is 5.73 Å². The summed E-state index contributed by atoms with van der Waals surface area (Å²) in [6, 6.07) is 9.30. The number of hydrogen-bond donors (Lipinski definition) is 2. The molecule has 0 aliphatic rings. The lowest BCUT2D eigenvalue weighted by atomic mass is 9.89. The third kappa shape index (κ3) is 2.84. The summed E-state index contributed by atoms with van der Waals surface area (Å²) in [5, 5.41) is 11.2. The van der Waals surface area contributed by atoms with Gasteiger partial charge < -0.3 is 15.3 Å². The zero-order valence-corrected chi connectivity index (χ0v) is 11.8. The normalized spacial score (nSPS) is 14.4. The SMILES string of the molecule is Cc1cc(C(O)C(CN)c2ccccc2Cl)c(C)o1. The molecule has 2 unspecified atom stereocenters. The molecule has 0 aliphatic heterocycles. The van der Waals surface area contributed by atoms with Crippen LogP contribution in [0.1, 0.15) is 34.7 Å². The number of aliphatic hydroxyl groups excluding tert-OH is 1. The predicted molar refractivity (Wildman–Crippen MR) is 76.4 cm³/mol. The quantitative estimate of drug-likeness (QED) is 0.902. The Morgan fingerprint density at radius 3 is 2.47 bits per heavy atom. The molecule has 2 aromatic rings. The number of aliphatic hydroxyl groups is 1. The Morgan fingerprint density at radius 1 is 1.26 bits per heavy atom. The number of halogens is 1. The van der Waals surface area contributed by atoms with Crippen molar-refractivity contribution in [1.82, 2.24) is 0 Å². The fourth-order valence-corrected chi connectivity index (χ4v) is 2.64. The van der Waals surface area contributed by atoms with Gasteiger partial charge in [-0.3, -0.25) is 0 Å². The van der Waals surface area contributed by atoms with E-state index < -0.39 is 6.10 Å². The first-order chi connectivity index (χ1) is 9.04. The van der Waals surface area contributed by atoms with Crippen molar-refractivity contribution in [2.75, 3.05) is 6.54 Å². The predicted octanol–water partition coefficient (Wildman–Crippen LogP) is 3.33. The van der Waals surface area contributed by atoms with Crippen molar-refractivity contribution in [3.63, 3.8) is 0 Å². The molecular weight excluding hydrogens is 262 g/mol. The Labute approximate surface area is 118 Å². The topological polar surface area (TPSA) is 59.4 Å². The second-order valence-electron chi connectivity index (χ2n) is 4.68. The minimum atomic E-state index is -0.720. The van der Waals surface area contributed by atoms with Crippen LogP contribution in [-0.4, -0.2) is 11.7 Å². The van der Waals surface area contributed by atoms with Crippen molar-refractivity contribution in [2.24, 2.45) is 5.73 Å². The smallest absolute Gasteiger partial charge is 0.106 e. The number of hydrogen-bond acceptors (Lipinski definition) is 3. The highest BCUT2D eigenvalue weighted by molar-refractivity contribution is 6.31. The van der Waals surface area contributed by atoms with Crippen LogP contribution in [0.3, 0.4) is 0 Å². The van der Waals surface area contributed by atoms with Gasteiger partial charge in [0.15, 0.2) is 0 Å². The monoisotopic (exact) mass is 279 g/mol. The Kier molecular flexibility index (Phi) is 4.30. The molecule has 0 saturated carbocycles. The van der Waals surface area contributed by atoms with Crippen LogP contribution >= 0.6 is 11.6 Å². The molecule has 19 heavy (non-hydrogen) atoms. The first-order valence-corrected chi connectivity index (χ1v) is 6.62. The summed E-state index contributed by atoms with van der Waals surface area (Å²) in [6.07, 6.45) is -0.720. The van der Waals surface area contributed by atoms with Crippen LogP contribution in [0.15, 0.2) is 34.7 Å². The van der Waals surface area contributed by atoms with Crippen LogP contribution in [0.25, 0.3) is 0 Å². The third-order valence-electron chi connectivity index (χ3n) is 3.34. The average Bonchev–Trinajstić information content (AvgIpc) is 2.71. The van der Waals surface area contributed by atoms with E-state index in [1.54, 1.807) is 6.07 Å². The zero-order valence-electron chi connectivity index (χ0n) is 11.1. The molecule has 3 N–H and O–H groups in total. The van der Waals surface area contributed by atoms with Gasteiger partial charge in [0.05, 0.1) is 6.10 Å². The van der Waals surface area contributed by atoms with Crippen molar-refractivity contribution < 1.29 is 9.52 Å². The molecule has 1 aromatic carbocycles. The highest BCUT2D eigenvalue weighted by atomic mass is 35.5. The van der Waals surface area contributed by atoms with Crippen LogP contribution in [0, 0.1) is 13.8 Å². The number of aryl methyl sites for hydroxylation is 2. The second-order valence-corrected chi connectivity index (χ2v) is 5.08. The van der Waals surface area contributed by atoms with Crippen LogP contribution in [0.5, 0.6) is 0 Å². The summed E-state index contributed by atoms with van der Waals surface area (Å²) >= 11 is 6.18. The number of nitrogens with two attached hydrogens (primary N) is 1. The average molecular weight is 280 g/mol. The third-order valence-corrected chi connectivity index (χ3v) is 3.68. The van der Waals surface area contributed by atoms with Crippen LogP contribution in [-0.2, 0) is 0 Å². The Morgan fingerprint density at radius 2 is 1.95 bits per heavy atom. The van der Waals surface area contributed by atoms with Gasteiger partial charge in [0.2, 0.25) is 0 Å². The first kappa shape index (κ1) is 14.1. The standard InChI is InChI=1S/C15H18ClNO2/c1-9-7-12(10(2)19-9)15(18)13(8-17)11-5-3-4-6-14(11)16/h3-7,13,15,18H,8,17H2,1-2H3. The van der Waals surface area contributed by atoms with Gasteiger partial charge >= 0.3 is 0 Å². The molecule has 3 nitrogen and oxygen atoms in total. The van der Waals surface area contributed by atoms with E-state index in [9.17, 15) is 5.11 Å². The molecular formula is C15H18ClNO2. The number of rotatable bonds is 4. The van der Waals surface area contributed by atoms with Gasteiger partial charge in [0, 0.05) is 23.0 Å². The number of benzene rings is 1. The van der Waals surface area contributed by atoms with E-state index in [1.165, 1.54) is 0 Å². The van der Waals surface area contributed by atoms with Gasteiger partial charge in [-0.25, -0.2) is 0 Å². The molecule has 0 saturated heterocycles. The Balaban J connectivity index is 2.37. The van der Waals surface area contributed by atoms with Crippen molar-refractivity contribution in [1.29, 1.82) is 0 Å². The zero-order chi connectivity index (χ0) is 14.0. The Bertz CT molecular complexity index is 565. The molecule has 2 rings (SSSR count). The van der Waals surface area contributed by atoms with E-state index in [0.717, 1.165) is 22.6 Å². The van der Waals surface area contributed by atoms with E-state index >= 15 is 0 Å². The molecule has 2 atom stereocenters. The van der Waals surface area contributed by atoms with Crippen molar-refractivity contribution >= 4 is 11.6 Å². The summed E-state index contributed by atoms with van der Waals surface area (Å²) < 4.78 is 5.46. The lowest BCUT2D eigenvalue weighted by Crippen LogP contribution is -2.20. The van der Waals surface area contributed by atoms with Gasteiger partial charge in [-0.15, -0.1) is 0 Å². The second kappa shape index (κ2) is 5.78. The summed E-state index contributed by atoms with van der Waals surface area (Å²) in [5.74, 6) is 1.25. The van der Waals surface area contributed by atoms with Gasteiger partial charge in [-0.2, -0.15) is 0 Å². The van der Waals surface area contributed by atoms with Crippen LogP contribution in [0.4, 0.5) is 0 Å². The fourth-order valence-electron chi connectivity index (χ4n) is 2.36. The molecule has 102 valence electrons. The lowest BCUT2D eigenvalue weighted by molar-refractivity contribution is 0.145. The maximum atomic E-state index is 10.6. The summed E-state index contributed by atoms with van der Waals surface area (Å²) in [6.45, 7) is 4.01. The molecule has 0 fully saturated rings. The van der Waals surface area contributed by atoms with Gasteiger partial charge in [-0.05, 0) is 31.5 Å². The summed E-state index contributed by atoms with van der Waals surface area (Å²) in [5.41, 5.74) is 7.45. The largest absolute Gasteiger partial charge is 0.466 e. The van der Waals surface area contributed by atoms with E-state index in [2.05, 4.69) is 0 Å². The first-order valence-electron chi connectivity index (χ1n) is 6.24. The minimum Gasteiger partial charge on any atom is -0.466 e. The highest BCUT2D eigenvalue weighted by Crippen LogP contribution is 2.36. The van der Waals surface area contributed by atoms with E-state index in [-0.39, 0.29) is 5.92 Å². The molecule has 0 bridgehead atoms. The lowest BCUT2D eigenvalue weighted by Gasteiger charge is -2.22. The minimum absolute atomic E-state index is 0.246. The molecule has 1 aromatic heterocycles. The molecule has 4 heteroatoms. The summed E-state index contributed by atoms with van der Waals surface area (Å²) in [4.78, 5) is 0. The number of furan rings is 1. The molecule has 0 radical (unpaired) electrons. The van der Waals surface area contributed by atoms with Crippen molar-refractivity contribution in [2.45, 2.75) is 25.9 Å². The van der Waals surface area contributed by atoms with E-state index in [4.69, 9.17) is 21.8 Å². The molecule has 1 heterocycles. The van der Waals surface area contributed by atoms with Crippen LogP contribution in [0.2, 0.25) is 5.02 Å². The Hall–Kier alpha value is -1.29. The van der Waals surface area contributed by atoms with Gasteiger partial charge in [-0.1, -0.05) is 29.8 Å². The van der Waals surface area contributed by atoms with Crippen molar-refractivity contribution in [3.8, 4) is 0 Å². The van der Waals surface area contributed by atoms with E-state index in [1.807, 2.05) is 38.1 Å². The molecule has 0 spiro atoms. The fraction of sp³-hybridized carbons (Fsp3) is 0.333. The highest BCUT2D eigenvalue weighted by Gasteiger charge is 2.26. The van der Waals surface area contributed by atoms with Crippen molar-refractivity contribution in [3.05, 3.63) is 58.0 Å². The molecule has 0 amide bonds. The van der Waals surface area contributed by atoms with Gasteiger partial charge in [0.1, 0.15) is 11.5 Å². The summed E-state index contributed by atoms with van der Waals surface area (Å²) in [7, 11) is 0. The maximum Gasteiger partial charge on any atom is 0.106 e. The maximum absolute atomic E-state index is 10.6. The van der Waals surface area contributed by atoms with Gasteiger partial charge in [0.25, 0.3) is 0 Å². The molecule has 0 aliphatic carbocycles. The van der Waals surface area contributed by atoms with E-state index in [0.29, 0.717) is 11.6 Å².